The highest BCUT2D eigenvalue weighted by molar-refractivity contribution is 5.79. The van der Waals surface area contributed by atoms with Crippen molar-refractivity contribution >= 4 is 11.9 Å². The van der Waals surface area contributed by atoms with Crippen molar-refractivity contribution in [2.45, 2.75) is 52.5 Å². The van der Waals surface area contributed by atoms with Crippen molar-refractivity contribution in [3.8, 4) is 0 Å². The maximum atomic E-state index is 12.5. The molecule has 122 valence electrons. The van der Waals surface area contributed by atoms with Crippen LogP contribution in [0.3, 0.4) is 0 Å². The summed E-state index contributed by atoms with van der Waals surface area (Å²) in [6, 6.07) is 2.06. The summed E-state index contributed by atoms with van der Waals surface area (Å²) in [6.45, 7) is 8.17. The van der Waals surface area contributed by atoms with Gasteiger partial charge < -0.3 is 10.2 Å². The van der Waals surface area contributed by atoms with Crippen molar-refractivity contribution in [1.82, 2.24) is 15.3 Å². The fourth-order valence-corrected chi connectivity index (χ4v) is 2.84. The van der Waals surface area contributed by atoms with Crippen LogP contribution in [0.4, 0.5) is 5.95 Å². The molecule has 1 saturated heterocycles. The van der Waals surface area contributed by atoms with Gasteiger partial charge in [-0.05, 0) is 44.6 Å². The molecule has 1 amide bonds. The van der Waals surface area contributed by atoms with E-state index in [4.69, 9.17) is 0 Å². The Bertz CT molecular complexity index is 463. The third kappa shape index (κ3) is 4.97. The second-order valence-corrected chi connectivity index (χ2v) is 6.71. The van der Waals surface area contributed by atoms with Crippen molar-refractivity contribution in [3.63, 3.8) is 0 Å². The molecule has 22 heavy (non-hydrogen) atoms. The van der Waals surface area contributed by atoms with Gasteiger partial charge in [0, 0.05) is 31.5 Å². The van der Waals surface area contributed by atoms with E-state index < -0.39 is 0 Å². The zero-order valence-corrected chi connectivity index (χ0v) is 14.0. The molecule has 1 N–H and O–H groups in total. The quantitative estimate of drug-likeness (QED) is 0.878. The first kappa shape index (κ1) is 16.7. The summed E-state index contributed by atoms with van der Waals surface area (Å²) >= 11 is 0. The number of nitrogens with zero attached hydrogens (tertiary/aromatic N) is 3. The van der Waals surface area contributed by atoms with Gasteiger partial charge in [0.05, 0.1) is 5.92 Å². The van der Waals surface area contributed by atoms with Crippen LogP contribution in [0.25, 0.3) is 0 Å². The summed E-state index contributed by atoms with van der Waals surface area (Å²) in [6.07, 6.45) is 7.65. The van der Waals surface area contributed by atoms with Gasteiger partial charge in [-0.25, -0.2) is 9.97 Å². The highest BCUT2D eigenvalue weighted by Crippen LogP contribution is 2.20. The van der Waals surface area contributed by atoms with E-state index in [0.717, 1.165) is 38.2 Å². The van der Waals surface area contributed by atoms with Crippen molar-refractivity contribution in [2.75, 3.05) is 18.0 Å². The Kier molecular flexibility index (Phi) is 6.16. The molecule has 5 nitrogen and oxygen atoms in total. The van der Waals surface area contributed by atoms with Gasteiger partial charge in [-0.15, -0.1) is 0 Å². The number of nitrogens with one attached hydrogen (secondary N) is 1. The van der Waals surface area contributed by atoms with E-state index >= 15 is 0 Å². The number of piperidine rings is 1. The largest absolute Gasteiger partial charge is 0.353 e. The van der Waals surface area contributed by atoms with E-state index in [9.17, 15) is 4.79 Å². The van der Waals surface area contributed by atoms with Crippen LogP contribution in [0, 0.1) is 11.8 Å². The van der Waals surface area contributed by atoms with Crippen molar-refractivity contribution in [1.29, 1.82) is 0 Å². The first-order valence-electron chi connectivity index (χ1n) is 8.38. The minimum absolute atomic E-state index is 0.0408. The molecular formula is C17H28N4O. The van der Waals surface area contributed by atoms with Crippen molar-refractivity contribution in [3.05, 3.63) is 18.5 Å². The number of hydrogen-bond donors (Lipinski definition) is 1. The molecule has 2 heterocycles. The SMILES string of the molecule is CC(C)CCC(C)NC(=O)C1CCCN(c2ncccn2)C1. The summed E-state index contributed by atoms with van der Waals surface area (Å²) in [5.41, 5.74) is 0. The Morgan fingerprint density at radius 1 is 1.32 bits per heavy atom. The molecule has 1 aromatic heterocycles. The lowest BCUT2D eigenvalue weighted by Crippen LogP contribution is -2.45. The molecule has 0 aliphatic carbocycles. The lowest BCUT2D eigenvalue weighted by Gasteiger charge is -2.32. The summed E-state index contributed by atoms with van der Waals surface area (Å²) < 4.78 is 0. The molecule has 0 aromatic carbocycles. The maximum Gasteiger partial charge on any atom is 0.225 e. The second-order valence-electron chi connectivity index (χ2n) is 6.71. The summed E-state index contributed by atoms with van der Waals surface area (Å²) in [7, 11) is 0. The van der Waals surface area contributed by atoms with Crippen LogP contribution >= 0.6 is 0 Å². The first-order valence-corrected chi connectivity index (χ1v) is 8.38. The second kappa shape index (κ2) is 8.11. The number of carbonyl (C=O) groups excluding carboxylic acids is 1. The van der Waals surface area contributed by atoms with E-state index in [1.165, 1.54) is 0 Å². The van der Waals surface area contributed by atoms with Crippen LogP contribution in [-0.2, 0) is 4.79 Å². The molecular weight excluding hydrogens is 276 g/mol. The molecule has 0 bridgehead atoms. The summed E-state index contributed by atoms with van der Waals surface area (Å²) in [5, 5.41) is 3.17. The molecule has 2 unspecified atom stereocenters. The number of carbonyl (C=O) groups is 1. The smallest absolute Gasteiger partial charge is 0.225 e. The van der Waals surface area contributed by atoms with E-state index in [0.29, 0.717) is 12.5 Å². The van der Waals surface area contributed by atoms with Crippen molar-refractivity contribution in [2.24, 2.45) is 11.8 Å². The molecule has 5 heteroatoms. The van der Waals surface area contributed by atoms with E-state index in [1.807, 2.05) is 6.07 Å². The summed E-state index contributed by atoms with van der Waals surface area (Å²) in [5.74, 6) is 1.63. The normalized spacial score (nSPS) is 20.0. The fourth-order valence-electron chi connectivity index (χ4n) is 2.84. The number of anilines is 1. The average Bonchev–Trinajstić information content (AvgIpc) is 2.54. The zero-order chi connectivity index (χ0) is 15.9. The van der Waals surface area contributed by atoms with E-state index in [2.05, 4.69) is 41.0 Å². The highest BCUT2D eigenvalue weighted by atomic mass is 16.2. The molecule has 0 saturated carbocycles. The highest BCUT2D eigenvalue weighted by Gasteiger charge is 2.27. The molecule has 1 aliphatic heterocycles. The predicted octanol–water partition coefficient (Wildman–Crippen LogP) is 2.63. The van der Waals surface area contributed by atoms with Crippen LogP contribution in [0.2, 0.25) is 0 Å². The molecule has 2 rings (SSSR count). The topological polar surface area (TPSA) is 58.1 Å². The molecule has 1 fully saturated rings. The van der Waals surface area contributed by atoms with Gasteiger partial charge in [0.15, 0.2) is 0 Å². The van der Waals surface area contributed by atoms with E-state index in [1.54, 1.807) is 12.4 Å². The van der Waals surface area contributed by atoms with E-state index in [-0.39, 0.29) is 17.9 Å². The number of hydrogen-bond acceptors (Lipinski definition) is 4. The zero-order valence-electron chi connectivity index (χ0n) is 14.0. The number of amides is 1. The third-order valence-corrected chi connectivity index (χ3v) is 4.19. The average molecular weight is 304 g/mol. The van der Waals surface area contributed by atoms with Gasteiger partial charge in [-0.2, -0.15) is 0 Å². The standard InChI is InChI=1S/C17H28N4O/c1-13(2)7-8-14(3)20-16(22)15-6-4-11-21(12-15)17-18-9-5-10-19-17/h5,9-10,13-15H,4,6-8,11-12H2,1-3H3,(H,20,22). The van der Waals surface area contributed by atoms with Gasteiger partial charge >= 0.3 is 0 Å². The molecule has 1 aromatic rings. The van der Waals surface area contributed by atoms with Gasteiger partial charge in [0.25, 0.3) is 0 Å². The van der Waals surface area contributed by atoms with Crippen LogP contribution in [0.15, 0.2) is 18.5 Å². The molecule has 1 aliphatic rings. The number of aromatic nitrogens is 2. The van der Waals surface area contributed by atoms with Gasteiger partial charge in [0.2, 0.25) is 11.9 Å². The monoisotopic (exact) mass is 304 g/mol. The van der Waals surface area contributed by atoms with Gasteiger partial charge in [-0.1, -0.05) is 13.8 Å². The first-order chi connectivity index (χ1) is 10.6. The van der Waals surface area contributed by atoms with Crippen LogP contribution in [-0.4, -0.2) is 35.0 Å². The lowest BCUT2D eigenvalue weighted by molar-refractivity contribution is -0.125. The van der Waals surface area contributed by atoms with Crippen LogP contribution < -0.4 is 10.2 Å². The molecule has 0 spiro atoms. The third-order valence-electron chi connectivity index (χ3n) is 4.19. The Morgan fingerprint density at radius 2 is 2.05 bits per heavy atom. The summed E-state index contributed by atoms with van der Waals surface area (Å²) in [4.78, 5) is 23.1. The van der Waals surface area contributed by atoms with Crippen LogP contribution in [0.1, 0.15) is 46.5 Å². The van der Waals surface area contributed by atoms with Gasteiger partial charge in [0.1, 0.15) is 0 Å². The fraction of sp³-hybridized carbons (Fsp3) is 0.706. The van der Waals surface area contributed by atoms with Crippen LogP contribution in [0.5, 0.6) is 0 Å². The number of rotatable bonds is 6. The lowest BCUT2D eigenvalue weighted by atomic mass is 9.96. The predicted molar refractivity (Wildman–Crippen MR) is 88.6 cm³/mol. The minimum Gasteiger partial charge on any atom is -0.353 e. The maximum absolute atomic E-state index is 12.5. The minimum atomic E-state index is 0.0408. The molecule has 2 atom stereocenters. The van der Waals surface area contributed by atoms with Crippen molar-refractivity contribution < 1.29 is 4.79 Å². The van der Waals surface area contributed by atoms with Gasteiger partial charge in [-0.3, -0.25) is 4.79 Å². The Morgan fingerprint density at radius 3 is 2.73 bits per heavy atom. The molecule has 0 radical (unpaired) electrons. The Balaban J connectivity index is 1.85. The Hall–Kier alpha value is -1.65. The Labute approximate surface area is 133 Å².